The quantitative estimate of drug-likeness (QED) is 0.442. The molecule has 164 valence electrons. The molecule has 0 fully saturated rings. The fourth-order valence-corrected chi connectivity index (χ4v) is 3.47. The Labute approximate surface area is 188 Å². The Balaban J connectivity index is 1.64. The highest BCUT2D eigenvalue weighted by atomic mass is 35.5. The molecule has 2 aromatic carbocycles. The summed E-state index contributed by atoms with van der Waals surface area (Å²) < 4.78 is 7.10. The van der Waals surface area contributed by atoms with Gasteiger partial charge < -0.3 is 15.1 Å². The highest BCUT2D eigenvalue weighted by molar-refractivity contribution is 6.30. The number of aromatic amines is 1. The zero-order chi connectivity index (χ0) is 22.7. The Hall–Kier alpha value is -3.85. The number of nitrogens with one attached hydrogen (secondary N) is 1. The first-order valence-electron chi connectivity index (χ1n) is 9.96. The predicted octanol–water partition coefficient (Wildman–Crippen LogP) is 2.90. The molecule has 0 amide bonds. The Bertz CT molecular complexity index is 1330. The van der Waals surface area contributed by atoms with Crippen molar-refractivity contribution in [3.8, 4) is 11.5 Å². The van der Waals surface area contributed by atoms with E-state index in [0.717, 1.165) is 11.1 Å². The summed E-state index contributed by atoms with van der Waals surface area (Å²) in [7, 11) is 0. The van der Waals surface area contributed by atoms with Gasteiger partial charge in [0.25, 0.3) is 5.56 Å². The van der Waals surface area contributed by atoms with Crippen LogP contribution in [0.25, 0.3) is 11.5 Å². The van der Waals surface area contributed by atoms with E-state index < -0.39 is 11.2 Å². The van der Waals surface area contributed by atoms with E-state index in [2.05, 4.69) is 15.2 Å². The molecule has 4 aromatic rings. The van der Waals surface area contributed by atoms with E-state index >= 15 is 0 Å². The van der Waals surface area contributed by atoms with Gasteiger partial charge >= 0.3 is 5.69 Å². The van der Waals surface area contributed by atoms with Gasteiger partial charge in [0.1, 0.15) is 11.5 Å². The lowest BCUT2D eigenvalue weighted by molar-refractivity contribution is 0.498. The van der Waals surface area contributed by atoms with Gasteiger partial charge in [0.2, 0.25) is 11.8 Å². The van der Waals surface area contributed by atoms with Gasteiger partial charge in [0.05, 0.1) is 13.1 Å². The van der Waals surface area contributed by atoms with Gasteiger partial charge in [0, 0.05) is 17.1 Å². The van der Waals surface area contributed by atoms with Gasteiger partial charge in [-0.3, -0.25) is 14.3 Å². The smallest absolute Gasteiger partial charge is 0.330 e. The first kappa shape index (κ1) is 21.4. The Morgan fingerprint density at radius 2 is 1.81 bits per heavy atom. The summed E-state index contributed by atoms with van der Waals surface area (Å²) in [5.74, 6) is 0.710. The molecule has 0 unspecified atom stereocenters. The van der Waals surface area contributed by atoms with Gasteiger partial charge in [-0.05, 0) is 36.8 Å². The highest BCUT2D eigenvalue weighted by Gasteiger charge is 2.20. The minimum Gasteiger partial charge on any atom is -0.419 e. The van der Waals surface area contributed by atoms with Gasteiger partial charge in [0.15, 0.2) is 0 Å². The average molecular weight is 453 g/mol. The Morgan fingerprint density at radius 1 is 1.09 bits per heavy atom. The van der Waals surface area contributed by atoms with Gasteiger partial charge in [-0.1, -0.05) is 41.9 Å². The largest absolute Gasteiger partial charge is 0.419 e. The molecule has 4 rings (SSSR count). The van der Waals surface area contributed by atoms with E-state index in [1.54, 1.807) is 29.2 Å². The Kier molecular flexibility index (Phi) is 6.09. The van der Waals surface area contributed by atoms with Crippen molar-refractivity contribution in [1.29, 1.82) is 0 Å². The average Bonchev–Trinajstić information content (AvgIpc) is 3.25. The number of hydrogen-bond donors (Lipinski definition) is 2. The summed E-state index contributed by atoms with van der Waals surface area (Å²) in [6, 6.07) is 16.4. The van der Waals surface area contributed by atoms with Crippen LogP contribution in [0, 0.1) is 0 Å². The number of aromatic nitrogens is 4. The molecule has 0 atom stereocenters. The molecule has 0 radical (unpaired) electrons. The second-order valence-electron chi connectivity index (χ2n) is 7.09. The van der Waals surface area contributed by atoms with E-state index in [1.807, 2.05) is 37.3 Å². The zero-order valence-corrected chi connectivity index (χ0v) is 18.0. The monoisotopic (exact) mass is 452 g/mol. The number of anilines is 2. The number of nitrogen functional groups attached to an aromatic ring is 1. The van der Waals surface area contributed by atoms with Crippen molar-refractivity contribution in [1.82, 2.24) is 19.7 Å². The summed E-state index contributed by atoms with van der Waals surface area (Å²) in [5, 5.41) is 8.76. The number of benzene rings is 2. The molecule has 10 heteroatoms. The molecule has 0 aliphatic carbocycles. The van der Waals surface area contributed by atoms with E-state index in [9.17, 15) is 9.59 Å². The molecule has 0 saturated heterocycles. The molecular weight excluding hydrogens is 432 g/mol. The number of rotatable bonds is 7. The third kappa shape index (κ3) is 4.42. The summed E-state index contributed by atoms with van der Waals surface area (Å²) in [4.78, 5) is 29.1. The molecule has 3 N–H and O–H groups in total. The predicted molar refractivity (Wildman–Crippen MR) is 123 cm³/mol. The van der Waals surface area contributed by atoms with Crippen LogP contribution in [0.2, 0.25) is 5.02 Å². The van der Waals surface area contributed by atoms with Crippen molar-refractivity contribution in [2.24, 2.45) is 0 Å². The molecule has 9 nitrogen and oxygen atoms in total. The first-order valence-corrected chi connectivity index (χ1v) is 10.3. The van der Waals surface area contributed by atoms with Crippen LogP contribution in [0.1, 0.15) is 18.4 Å². The normalized spacial score (nSPS) is 10.9. The van der Waals surface area contributed by atoms with Gasteiger partial charge in [-0.25, -0.2) is 4.79 Å². The zero-order valence-electron chi connectivity index (χ0n) is 17.3. The van der Waals surface area contributed by atoms with Crippen molar-refractivity contribution < 1.29 is 4.42 Å². The van der Waals surface area contributed by atoms with E-state index in [0.29, 0.717) is 23.3 Å². The van der Waals surface area contributed by atoms with Gasteiger partial charge in [-0.15, -0.1) is 10.2 Å². The minimum absolute atomic E-state index is 0.0712. The molecular formula is C22H21ClN6O3. The lowest BCUT2D eigenvalue weighted by Crippen LogP contribution is -2.38. The number of hydrogen-bond acceptors (Lipinski definition) is 7. The maximum Gasteiger partial charge on any atom is 0.330 e. The summed E-state index contributed by atoms with van der Waals surface area (Å²) >= 11 is 5.92. The number of H-pyrrole nitrogens is 1. The van der Waals surface area contributed by atoms with Crippen molar-refractivity contribution in [2.75, 3.05) is 17.2 Å². The minimum atomic E-state index is -0.573. The van der Waals surface area contributed by atoms with Crippen LogP contribution >= 0.6 is 11.6 Å². The van der Waals surface area contributed by atoms with Gasteiger partial charge in [-0.2, -0.15) is 0 Å². The maximum atomic E-state index is 12.6. The summed E-state index contributed by atoms with van der Waals surface area (Å²) in [6.07, 6.45) is 0. The van der Waals surface area contributed by atoms with Crippen molar-refractivity contribution >= 4 is 23.1 Å². The lowest BCUT2D eigenvalue weighted by Gasteiger charge is -2.23. The summed E-state index contributed by atoms with van der Waals surface area (Å²) in [5.41, 5.74) is 6.94. The SMILES string of the molecule is CCN(Cc1nnc(-c2ccc(Cl)cc2)o1)c1c(N)n(Cc2ccccc2)c(=O)[nH]c1=O. The van der Waals surface area contributed by atoms with E-state index in [1.165, 1.54) is 4.57 Å². The van der Waals surface area contributed by atoms with E-state index in [4.69, 9.17) is 21.8 Å². The van der Waals surface area contributed by atoms with Crippen LogP contribution in [0.4, 0.5) is 11.5 Å². The molecule has 0 aliphatic heterocycles. The second-order valence-corrected chi connectivity index (χ2v) is 7.52. The molecule has 0 bridgehead atoms. The van der Waals surface area contributed by atoms with Crippen molar-refractivity contribution in [3.05, 3.63) is 91.9 Å². The molecule has 0 aliphatic rings. The van der Waals surface area contributed by atoms with E-state index in [-0.39, 0.29) is 24.6 Å². The molecule has 32 heavy (non-hydrogen) atoms. The lowest BCUT2D eigenvalue weighted by atomic mass is 10.2. The maximum absolute atomic E-state index is 12.6. The second kappa shape index (κ2) is 9.11. The molecule has 0 saturated carbocycles. The van der Waals surface area contributed by atoms with Crippen LogP contribution in [0.5, 0.6) is 0 Å². The van der Waals surface area contributed by atoms with Crippen LogP contribution in [0.15, 0.2) is 68.6 Å². The summed E-state index contributed by atoms with van der Waals surface area (Å²) in [6.45, 7) is 2.67. The fraction of sp³-hybridized carbons (Fsp3) is 0.182. The molecule has 2 heterocycles. The Morgan fingerprint density at radius 3 is 2.50 bits per heavy atom. The van der Waals surface area contributed by atoms with Crippen LogP contribution in [-0.4, -0.2) is 26.3 Å². The standard InChI is InChI=1S/C22H21ClN6O3/c1-2-28(13-17-26-27-21(32-17)15-8-10-16(23)11-9-15)18-19(24)29(22(31)25-20(18)30)12-14-6-4-3-5-7-14/h3-11H,2,12-13,24H2,1H3,(H,25,30,31). The number of nitrogens with two attached hydrogens (primary N) is 1. The molecule has 2 aromatic heterocycles. The van der Waals surface area contributed by atoms with Crippen molar-refractivity contribution in [3.63, 3.8) is 0 Å². The third-order valence-corrected chi connectivity index (χ3v) is 5.23. The number of halogens is 1. The molecule has 0 spiro atoms. The fourth-order valence-electron chi connectivity index (χ4n) is 3.34. The van der Waals surface area contributed by atoms with Crippen LogP contribution < -0.4 is 21.9 Å². The van der Waals surface area contributed by atoms with Crippen molar-refractivity contribution in [2.45, 2.75) is 20.0 Å². The first-order chi connectivity index (χ1) is 15.5. The highest BCUT2D eigenvalue weighted by Crippen LogP contribution is 2.23. The number of nitrogens with zero attached hydrogens (tertiary/aromatic N) is 4. The van der Waals surface area contributed by atoms with Crippen LogP contribution in [-0.2, 0) is 13.1 Å². The topological polar surface area (TPSA) is 123 Å². The van der Waals surface area contributed by atoms with Crippen LogP contribution in [0.3, 0.4) is 0 Å². The third-order valence-electron chi connectivity index (χ3n) is 4.98.